The highest BCUT2D eigenvalue weighted by atomic mass is 32.2. The average molecular weight is 309 g/mol. The van der Waals surface area contributed by atoms with Crippen LogP contribution in [0, 0.1) is 0 Å². The lowest BCUT2D eigenvalue weighted by molar-refractivity contribution is 0.317. The SMILES string of the molecule is CCCOc1ccc(CNS(=O)(=O)c2cnn(C)c2)cc1. The van der Waals surface area contributed by atoms with Crippen molar-refractivity contribution in [2.45, 2.75) is 24.8 Å². The first-order valence-corrected chi connectivity index (χ1v) is 8.19. The van der Waals surface area contributed by atoms with Crippen molar-refractivity contribution in [2.24, 2.45) is 7.05 Å². The number of hydrogen-bond acceptors (Lipinski definition) is 4. The second kappa shape index (κ2) is 6.73. The molecule has 1 heterocycles. The Balaban J connectivity index is 1.96. The maximum atomic E-state index is 12.0. The second-order valence-corrected chi connectivity index (χ2v) is 6.43. The van der Waals surface area contributed by atoms with Crippen LogP contribution in [0.5, 0.6) is 5.75 Å². The van der Waals surface area contributed by atoms with E-state index < -0.39 is 10.0 Å². The Morgan fingerprint density at radius 2 is 2.00 bits per heavy atom. The molecule has 0 bridgehead atoms. The monoisotopic (exact) mass is 309 g/mol. The standard InChI is InChI=1S/C14H19N3O3S/c1-3-8-20-13-6-4-12(5-7-13)9-16-21(18,19)14-10-15-17(2)11-14/h4-7,10-11,16H,3,8-9H2,1-2H3. The van der Waals surface area contributed by atoms with Gasteiger partial charge in [-0.3, -0.25) is 4.68 Å². The van der Waals surface area contributed by atoms with Gasteiger partial charge in [-0.2, -0.15) is 5.10 Å². The maximum Gasteiger partial charge on any atom is 0.243 e. The van der Waals surface area contributed by atoms with Gasteiger partial charge in [-0.15, -0.1) is 0 Å². The molecule has 0 saturated heterocycles. The molecule has 2 rings (SSSR count). The zero-order valence-electron chi connectivity index (χ0n) is 12.1. The van der Waals surface area contributed by atoms with Crippen molar-refractivity contribution in [1.29, 1.82) is 0 Å². The van der Waals surface area contributed by atoms with Gasteiger partial charge in [0.2, 0.25) is 10.0 Å². The highest BCUT2D eigenvalue weighted by Gasteiger charge is 2.15. The molecule has 0 saturated carbocycles. The summed E-state index contributed by atoms with van der Waals surface area (Å²) in [7, 11) is -1.85. The van der Waals surface area contributed by atoms with E-state index in [-0.39, 0.29) is 11.4 Å². The maximum absolute atomic E-state index is 12.0. The molecule has 21 heavy (non-hydrogen) atoms. The fraction of sp³-hybridized carbons (Fsp3) is 0.357. The fourth-order valence-electron chi connectivity index (χ4n) is 1.72. The van der Waals surface area contributed by atoms with E-state index in [0.29, 0.717) is 6.61 Å². The molecule has 1 N–H and O–H groups in total. The number of nitrogens with zero attached hydrogens (tertiary/aromatic N) is 2. The number of sulfonamides is 1. The fourth-order valence-corrected chi connectivity index (χ4v) is 2.72. The Hall–Kier alpha value is -1.86. The number of hydrogen-bond donors (Lipinski definition) is 1. The second-order valence-electron chi connectivity index (χ2n) is 4.67. The zero-order chi connectivity index (χ0) is 15.3. The van der Waals surface area contributed by atoms with E-state index in [4.69, 9.17) is 4.74 Å². The quantitative estimate of drug-likeness (QED) is 0.844. The minimum absolute atomic E-state index is 0.160. The third-order valence-corrected chi connectivity index (χ3v) is 4.21. The minimum Gasteiger partial charge on any atom is -0.494 e. The molecular weight excluding hydrogens is 290 g/mol. The van der Waals surface area contributed by atoms with Crippen LogP contribution >= 0.6 is 0 Å². The van der Waals surface area contributed by atoms with Gasteiger partial charge < -0.3 is 4.74 Å². The first-order chi connectivity index (χ1) is 10.0. The number of benzene rings is 1. The van der Waals surface area contributed by atoms with Crippen molar-refractivity contribution in [3.8, 4) is 5.75 Å². The molecule has 0 atom stereocenters. The summed E-state index contributed by atoms with van der Waals surface area (Å²) in [4.78, 5) is 0.160. The Bertz CT molecular complexity index is 678. The molecule has 0 aliphatic carbocycles. The molecule has 114 valence electrons. The van der Waals surface area contributed by atoms with Gasteiger partial charge in [0.1, 0.15) is 10.6 Å². The predicted molar refractivity (Wildman–Crippen MR) is 79.5 cm³/mol. The van der Waals surface area contributed by atoms with E-state index in [0.717, 1.165) is 17.7 Å². The lowest BCUT2D eigenvalue weighted by Crippen LogP contribution is -2.22. The summed E-state index contributed by atoms with van der Waals surface area (Å²) in [5.41, 5.74) is 0.867. The van der Waals surface area contributed by atoms with Crippen LogP contribution in [-0.2, 0) is 23.6 Å². The molecular formula is C14H19N3O3S. The van der Waals surface area contributed by atoms with Gasteiger partial charge in [0, 0.05) is 19.8 Å². The predicted octanol–water partition coefficient (Wildman–Crippen LogP) is 1.69. The lowest BCUT2D eigenvalue weighted by Gasteiger charge is -2.07. The summed E-state index contributed by atoms with van der Waals surface area (Å²) in [5.74, 6) is 0.788. The topological polar surface area (TPSA) is 73.2 Å². The van der Waals surface area contributed by atoms with Crippen LogP contribution in [0.15, 0.2) is 41.6 Å². The first-order valence-electron chi connectivity index (χ1n) is 6.71. The number of ether oxygens (including phenoxy) is 1. The Labute approximate surface area is 124 Å². The van der Waals surface area contributed by atoms with Crippen molar-refractivity contribution in [3.63, 3.8) is 0 Å². The van der Waals surface area contributed by atoms with Crippen LogP contribution in [0.4, 0.5) is 0 Å². The van der Waals surface area contributed by atoms with Gasteiger partial charge in [0.25, 0.3) is 0 Å². The molecule has 2 aromatic rings. The molecule has 6 nitrogen and oxygen atoms in total. The van der Waals surface area contributed by atoms with Crippen molar-refractivity contribution in [1.82, 2.24) is 14.5 Å². The van der Waals surface area contributed by atoms with Crippen LogP contribution < -0.4 is 9.46 Å². The van der Waals surface area contributed by atoms with Crippen LogP contribution in [0.2, 0.25) is 0 Å². The average Bonchev–Trinajstić information content (AvgIpc) is 2.91. The number of aryl methyl sites for hydroxylation is 1. The van der Waals surface area contributed by atoms with Crippen molar-refractivity contribution >= 4 is 10.0 Å². The van der Waals surface area contributed by atoms with E-state index in [1.807, 2.05) is 31.2 Å². The lowest BCUT2D eigenvalue weighted by atomic mass is 10.2. The third kappa shape index (κ3) is 4.30. The molecule has 1 aromatic heterocycles. The van der Waals surface area contributed by atoms with Gasteiger partial charge in [-0.05, 0) is 24.1 Å². The van der Waals surface area contributed by atoms with E-state index in [1.165, 1.54) is 17.1 Å². The highest BCUT2D eigenvalue weighted by Crippen LogP contribution is 2.13. The molecule has 0 aliphatic heterocycles. The largest absolute Gasteiger partial charge is 0.494 e. The van der Waals surface area contributed by atoms with E-state index in [2.05, 4.69) is 9.82 Å². The molecule has 0 fully saturated rings. The molecule has 1 aromatic carbocycles. The molecule has 7 heteroatoms. The van der Waals surface area contributed by atoms with Crippen LogP contribution in [-0.4, -0.2) is 24.8 Å². The van der Waals surface area contributed by atoms with Gasteiger partial charge in [0.05, 0.1) is 12.8 Å². The summed E-state index contributed by atoms with van der Waals surface area (Å²) in [6, 6.07) is 7.36. The van der Waals surface area contributed by atoms with Gasteiger partial charge in [-0.1, -0.05) is 19.1 Å². The summed E-state index contributed by atoms with van der Waals surface area (Å²) >= 11 is 0. The Kier molecular flexibility index (Phi) is 4.98. The smallest absolute Gasteiger partial charge is 0.243 e. The summed E-state index contributed by atoms with van der Waals surface area (Å²) in [6.07, 6.45) is 3.74. The minimum atomic E-state index is -3.53. The van der Waals surface area contributed by atoms with Crippen LogP contribution in [0.3, 0.4) is 0 Å². The molecule has 0 spiro atoms. The molecule has 0 unspecified atom stereocenters. The van der Waals surface area contributed by atoms with Crippen molar-refractivity contribution in [3.05, 3.63) is 42.2 Å². The van der Waals surface area contributed by atoms with Gasteiger partial charge >= 0.3 is 0 Å². The van der Waals surface area contributed by atoms with Gasteiger partial charge in [-0.25, -0.2) is 13.1 Å². The van der Waals surface area contributed by atoms with E-state index in [9.17, 15) is 8.42 Å². The molecule has 0 aliphatic rings. The number of aromatic nitrogens is 2. The Morgan fingerprint density at radius 3 is 2.57 bits per heavy atom. The third-order valence-electron chi connectivity index (χ3n) is 2.85. The molecule has 0 radical (unpaired) electrons. The summed E-state index contributed by atoms with van der Waals surface area (Å²) in [6.45, 7) is 2.94. The van der Waals surface area contributed by atoms with E-state index >= 15 is 0 Å². The van der Waals surface area contributed by atoms with Crippen molar-refractivity contribution in [2.75, 3.05) is 6.61 Å². The number of rotatable bonds is 7. The first kappa shape index (κ1) is 15.5. The zero-order valence-corrected chi connectivity index (χ0v) is 12.9. The van der Waals surface area contributed by atoms with Gasteiger partial charge in [0.15, 0.2) is 0 Å². The normalized spacial score (nSPS) is 11.5. The highest BCUT2D eigenvalue weighted by molar-refractivity contribution is 7.89. The summed E-state index contributed by atoms with van der Waals surface area (Å²) in [5, 5.41) is 3.86. The van der Waals surface area contributed by atoms with Crippen LogP contribution in [0.1, 0.15) is 18.9 Å². The van der Waals surface area contributed by atoms with E-state index in [1.54, 1.807) is 7.05 Å². The van der Waals surface area contributed by atoms with Crippen molar-refractivity contribution < 1.29 is 13.2 Å². The molecule has 0 amide bonds. The van der Waals surface area contributed by atoms with Crippen LogP contribution in [0.25, 0.3) is 0 Å². The number of nitrogens with one attached hydrogen (secondary N) is 1. The Morgan fingerprint density at radius 1 is 1.29 bits per heavy atom. The summed E-state index contributed by atoms with van der Waals surface area (Å²) < 4.78 is 33.6.